The molecule has 1 aromatic heterocycles. The van der Waals surface area contributed by atoms with Crippen molar-refractivity contribution in [2.45, 2.75) is 20.0 Å². The third-order valence-electron chi connectivity index (χ3n) is 3.29. The number of carbonyl (C=O) groups is 1. The molecule has 0 aliphatic rings. The van der Waals surface area contributed by atoms with E-state index >= 15 is 0 Å². The lowest BCUT2D eigenvalue weighted by Crippen LogP contribution is -2.40. The molecular weight excluding hydrogens is 276 g/mol. The zero-order valence-electron chi connectivity index (χ0n) is 12.9. The molecule has 0 bridgehead atoms. The van der Waals surface area contributed by atoms with Crippen LogP contribution in [0.15, 0.2) is 55.4 Å². The number of nitrogens with one attached hydrogen (secondary N) is 1. The SMILES string of the molecule is C=CCN(Cc1nccn1Cc1ccccc1)C(=O)NCC. The first-order valence-corrected chi connectivity index (χ1v) is 7.42. The van der Waals surface area contributed by atoms with Gasteiger partial charge in [-0.1, -0.05) is 36.4 Å². The molecule has 0 unspecified atom stereocenters. The zero-order valence-corrected chi connectivity index (χ0v) is 12.9. The summed E-state index contributed by atoms with van der Waals surface area (Å²) < 4.78 is 2.06. The van der Waals surface area contributed by atoms with E-state index < -0.39 is 0 Å². The number of nitrogens with zero attached hydrogens (tertiary/aromatic N) is 3. The van der Waals surface area contributed by atoms with Crippen molar-refractivity contribution < 1.29 is 4.79 Å². The van der Waals surface area contributed by atoms with Crippen LogP contribution in [0.5, 0.6) is 0 Å². The Kier molecular flexibility index (Phi) is 5.77. The third-order valence-corrected chi connectivity index (χ3v) is 3.29. The molecular formula is C17H22N4O. The predicted molar refractivity (Wildman–Crippen MR) is 87.5 cm³/mol. The first-order chi connectivity index (χ1) is 10.7. The van der Waals surface area contributed by atoms with Crippen LogP contribution in [0.25, 0.3) is 0 Å². The van der Waals surface area contributed by atoms with E-state index in [0.717, 1.165) is 12.4 Å². The van der Waals surface area contributed by atoms with Crippen LogP contribution in [-0.2, 0) is 13.1 Å². The van der Waals surface area contributed by atoms with E-state index in [0.29, 0.717) is 19.6 Å². The normalized spacial score (nSPS) is 10.2. The van der Waals surface area contributed by atoms with Crippen molar-refractivity contribution in [3.63, 3.8) is 0 Å². The topological polar surface area (TPSA) is 50.2 Å². The summed E-state index contributed by atoms with van der Waals surface area (Å²) in [5, 5.41) is 2.81. The van der Waals surface area contributed by atoms with E-state index in [1.54, 1.807) is 17.2 Å². The summed E-state index contributed by atoms with van der Waals surface area (Å²) >= 11 is 0. The van der Waals surface area contributed by atoms with Crippen LogP contribution in [0.2, 0.25) is 0 Å². The molecule has 22 heavy (non-hydrogen) atoms. The molecule has 0 atom stereocenters. The first-order valence-electron chi connectivity index (χ1n) is 7.42. The number of aromatic nitrogens is 2. The lowest BCUT2D eigenvalue weighted by molar-refractivity contribution is 0.199. The molecule has 0 saturated carbocycles. The van der Waals surface area contributed by atoms with Crippen molar-refractivity contribution in [1.29, 1.82) is 0 Å². The Hall–Kier alpha value is -2.56. The average Bonchev–Trinajstić information content (AvgIpc) is 2.95. The minimum Gasteiger partial charge on any atom is -0.338 e. The van der Waals surface area contributed by atoms with Crippen molar-refractivity contribution in [2.24, 2.45) is 0 Å². The minimum absolute atomic E-state index is 0.100. The van der Waals surface area contributed by atoms with E-state index in [2.05, 4.69) is 33.6 Å². The van der Waals surface area contributed by atoms with E-state index in [-0.39, 0.29) is 6.03 Å². The van der Waals surface area contributed by atoms with Crippen LogP contribution < -0.4 is 5.32 Å². The Morgan fingerprint density at radius 1 is 1.41 bits per heavy atom. The number of imidazole rings is 1. The Labute approximate surface area is 131 Å². The summed E-state index contributed by atoms with van der Waals surface area (Å²) in [5.74, 6) is 0.858. The second kappa shape index (κ2) is 8.02. The number of carbonyl (C=O) groups excluding carboxylic acids is 1. The first kappa shape index (κ1) is 15.8. The molecule has 5 nitrogen and oxygen atoms in total. The fraction of sp³-hybridized carbons (Fsp3) is 0.294. The molecule has 0 fully saturated rings. The van der Waals surface area contributed by atoms with Gasteiger partial charge in [-0.05, 0) is 12.5 Å². The molecule has 0 radical (unpaired) electrons. The Balaban J connectivity index is 2.10. The van der Waals surface area contributed by atoms with Gasteiger partial charge in [-0.15, -0.1) is 6.58 Å². The fourth-order valence-electron chi connectivity index (χ4n) is 2.22. The van der Waals surface area contributed by atoms with Crippen molar-refractivity contribution in [3.8, 4) is 0 Å². The molecule has 1 N–H and O–H groups in total. The summed E-state index contributed by atoms with van der Waals surface area (Å²) in [5.41, 5.74) is 1.20. The maximum Gasteiger partial charge on any atom is 0.318 e. The Morgan fingerprint density at radius 2 is 2.18 bits per heavy atom. The van der Waals surface area contributed by atoms with Crippen molar-refractivity contribution in [1.82, 2.24) is 19.8 Å². The Bertz CT molecular complexity index is 606. The maximum atomic E-state index is 12.1. The van der Waals surface area contributed by atoms with Crippen LogP contribution in [0, 0.1) is 0 Å². The molecule has 0 aliphatic carbocycles. The number of hydrogen-bond acceptors (Lipinski definition) is 2. The highest BCUT2D eigenvalue weighted by atomic mass is 16.2. The predicted octanol–water partition coefficient (Wildman–Crippen LogP) is 2.65. The van der Waals surface area contributed by atoms with Crippen LogP contribution in [-0.4, -0.2) is 33.6 Å². The van der Waals surface area contributed by atoms with Gasteiger partial charge >= 0.3 is 6.03 Å². The van der Waals surface area contributed by atoms with Gasteiger partial charge in [0.1, 0.15) is 5.82 Å². The monoisotopic (exact) mass is 298 g/mol. The zero-order chi connectivity index (χ0) is 15.8. The summed E-state index contributed by atoms with van der Waals surface area (Å²) in [6.45, 7) is 7.91. The molecule has 2 aromatic rings. The van der Waals surface area contributed by atoms with E-state index in [1.807, 2.05) is 31.3 Å². The van der Waals surface area contributed by atoms with Crippen LogP contribution >= 0.6 is 0 Å². The number of benzene rings is 1. The van der Waals surface area contributed by atoms with Gasteiger partial charge in [0, 0.05) is 32.0 Å². The third kappa shape index (κ3) is 4.22. The Morgan fingerprint density at radius 3 is 2.86 bits per heavy atom. The molecule has 0 aliphatic heterocycles. The van der Waals surface area contributed by atoms with Gasteiger partial charge in [0.2, 0.25) is 0 Å². The molecule has 0 saturated heterocycles. The van der Waals surface area contributed by atoms with Gasteiger partial charge in [0.25, 0.3) is 0 Å². The molecule has 1 aromatic carbocycles. The number of rotatable bonds is 7. The lowest BCUT2D eigenvalue weighted by Gasteiger charge is -2.21. The van der Waals surface area contributed by atoms with Gasteiger partial charge in [-0.25, -0.2) is 9.78 Å². The van der Waals surface area contributed by atoms with Crippen molar-refractivity contribution in [3.05, 3.63) is 66.8 Å². The molecule has 2 rings (SSSR count). The van der Waals surface area contributed by atoms with E-state index in [1.165, 1.54) is 5.56 Å². The van der Waals surface area contributed by atoms with Crippen LogP contribution in [0.1, 0.15) is 18.3 Å². The number of urea groups is 1. The lowest BCUT2D eigenvalue weighted by atomic mass is 10.2. The van der Waals surface area contributed by atoms with Gasteiger partial charge in [0.05, 0.1) is 6.54 Å². The minimum atomic E-state index is -0.100. The molecule has 1 heterocycles. The molecule has 0 spiro atoms. The molecule has 5 heteroatoms. The summed E-state index contributed by atoms with van der Waals surface area (Å²) in [6.07, 6.45) is 5.42. The second-order valence-electron chi connectivity index (χ2n) is 4.96. The van der Waals surface area contributed by atoms with Gasteiger partial charge in [-0.2, -0.15) is 0 Å². The second-order valence-corrected chi connectivity index (χ2v) is 4.96. The quantitative estimate of drug-likeness (QED) is 0.799. The highest BCUT2D eigenvalue weighted by molar-refractivity contribution is 5.74. The number of amides is 2. The summed E-state index contributed by atoms with van der Waals surface area (Å²) in [4.78, 5) is 18.1. The maximum absolute atomic E-state index is 12.1. The molecule has 116 valence electrons. The van der Waals surface area contributed by atoms with Crippen LogP contribution in [0.4, 0.5) is 4.79 Å². The van der Waals surface area contributed by atoms with Gasteiger partial charge < -0.3 is 14.8 Å². The van der Waals surface area contributed by atoms with Gasteiger partial charge in [0.15, 0.2) is 0 Å². The highest BCUT2D eigenvalue weighted by Crippen LogP contribution is 2.08. The van der Waals surface area contributed by atoms with Crippen molar-refractivity contribution >= 4 is 6.03 Å². The highest BCUT2D eigenvalue weighted by Gasteiger charge is 2.14. The van der Waals surface area contributed by atoms with Crippen LogP contribution in [0.3, 0.4) is 0 Å². The standard InChI is InChI=1S/C17H22N4O/c1-3-11-21(17(22)18-4-2)14-16-19-10-12-20(16)13-15-8-6-5-7-9-15/h3,5-10,12H,1,4,11,13-14H2,2H3,(H,18,22). The van der Waals surface area contributed by atoms with Gasteiger partial charge in [-0.3, -0.25) is 0 Å². The van der Waals surface area contributed by atoms with E-state index in [4.69, 9.17) is 0 Å². The number of hydrogen-bond donors (Lipinski definition) is 1. The fourth-order valence-corrected chi connectivity index (χ4v) is 2.22. The largest absolute Gasteiger partial charge is 0.338 e. The van der Waals surface area contributed by atoms with Crippen molar-refractivity contribution in [2.75, 3.05) is 13.1 Å². The summed E-state index contributed by atoms with van der Waals surface area (Å²) in [6, 6.07) is 10.1. The molecule has 2 amide bonds. The summed E-state index contributed by atoms with van der Waals surface area (Å²) in [7, 11) is 0. The van der Waals surface area contributed by atoms with E-state index in [9.17, 15) is 4.79 Å². The smallest absolute Gasteiger partial charge is 0.318 e. The average molecular weight is 298 g/mol.